The van der Waals surface area contributed by atoms with Crippen molar-refractivity contribution < 1.29 is 0 Å². The molecule has 1 aromatic heterocycles. The Bertz CT molecular complexity index is 265. The lowest BCUT2D eigenvalue weighted by Gasteiger charge is -2.18. The van der Waals surface area contributed by atoms with E-state index in [1.165, 1.54) is 30.8 Å². The van der Waals surface area contributed by atoms with Crippen LogP contribution in [0.5, 0.6) is 0 Å². The Labute approximate surface area is 93.3 Å². The van der Waals surface area contributed by atoms with E-state index < -0.39 is 0 Å². The maximum absolute atomic E-state index is 5.88. The number of aromatic nitrogens is 2. The second-order valence-electron chi connectivity index (χ2n) is 3.66. The summed E-state index contributed by atoms with van der Waals surface area (Å²) in [5, 5.41) is 1.06. The van der Waals surface area contributed by atoms with Gasteiger partial charge in [-0.15, -0.1) is 11.6 Å². The van der Waals surface area contributed by atoms with E-state index in [2.05, 4.69) is 14.3 Å². The SMILES string of the molecule is ClCC1CCCN(c2ncns2)CC1. The Morgan fingerprint density at radius 3 is 3.14 bits per heavy atom. The van der Waals surface area contributed by atoms with Gasteiger partial charge in [0.05, 0.1) is 0 Å². The Kier molecular flexibility index (Phi) is 3.59. The number of nitrogens with zero attached hydrogens (tertiary/aromatic N) is 3. The monoisotopic (exact) mass is 231 g/mol. The summed E-state index contributed by atoms with van der Waals surface area (Å²) in [5.41, 5.74) is 0. The average Bonchev–Trinajstić information content (AvgIpc) is 2.63. The van der Waals surface area contributed by atoms with Gasteiger partial charge in [-0.05, 0) is 25.2 Å². The predicted octanol–water partition coefficient (Wildman–Crippen LogP) is 2.38. The molecule has 78 valence electrons. The minimum Gasteiger partial charge on any atom is -0.347 e. The van der Waals surface area contributed by atoms with Crippen molar-refractivity contribution in [2.75, 3.05) is 23.9 Å². The van der Waals surface area contributed by atoms with Crippen LogP contribution < -0.4 is 4.90 Å². The number of alkyl halides is 1. The van der Waals surface area contributed by atoms with E-state index >= 15 is 0 Å². The van der Waals surface area contributed by atoms with Crippen LogP contribution >= 0.6 is 23.1 Å². The van der Waals surface area contributed by atoms with Crippen molar-refractivity contribution in [3.8, 4) is 0 Å². The van der Waals surface area contributed by atoms with Crippen molar-refractivity contribution in [1.29, 1.82) is 0 Å². The molecule has 0 aliphatic carbocycles. The maximum Gasteiger partial charge on any atom is 0.204 e. The molecule has 5 heteroatoms. The van der Waals surface area contributed by atoms with Gasteiger partial charge in [0.2, 0.25) is 5.13 Å². The third kappa shape index (κ3) is 2.36. The molecule has 1 fully saturated rings. The standard InChI is InChI=1S/C9H14ClN3S/c10-6-8-2-1-4-13(5-3-8)9-11-7-12-14-9/h7-8H,1-6H2. The Hall–Kier alpha value is -0.350. The molecule has 0 N–H and O–H groups in total. The molecule has 0 spiro atoms. The van der Waals surface area contributed by atoms with E-state index in [0.717, 1.165) is 24.1 Å². The van der Waals surface area contributed by atoms with Gasteiger partial charge in [0.15, 0.2) is 0 Å². The van der Waals surface area contributed by atoms with Gasteiger partial charge in [-0.25, -0.2) is 4.98 Å². The van der Waals surface area contributed by atoms with Crippen molar-refractivity contribution >= 4 is 28.3 Å². The van der Waals surface area contributed by atoms with Gasteiger partial charge >= 0.3 is 0 Å². The highest BCUT2D eigenvalue weighted by atomic mass is 35.5. The third-order valence-electron chi connectivity index (χ3n) is 2.69. The molecule has 0 saturated carbocycles. The average molecular weight is 232 g/mol. The molecule has 1 saturated heterocycles. The lowest BCUT2D eigenvalue weighted by Crippen LogP contribution is -2.23. The molecular weight excluding hydrogens is 218 g/mol. The summed E-state index contributed by atoms with van der Waals surface area (Å²) in [7, 11) is 0. The highest BCUT2D eigenvalue weighted by Crippen LogP contribution is 2.23. The number of hydrogen-bond acceptors (Lipinski definition) is 4. The fraction of sp³-hybridized carbons (Fsp3) is 0.778. The highest BCUT2D eigenvalue weighted by Gasteiger charge is 2.17. The second-order valence-corrected chi connectivity index (χ2v) is 4.73. The van der Waals surface area contributed by atoms with E-state index in [0.29, 0.717) is 5.92 Å². The largest absolute Gasteiger partial charge is 0.347 e. The van der Waals surface area contributed by atoms with Crippen LogP contribution in [0.2, 0.25) is 0 Å². The Balaban J connectivity index is 1.96. The summed E-state index contributed by atoms with van der Waals surface area (Å²) < 4.78 is 4.03. The first-order valence-corrected chi connectivity index (χ1v) is 6.28. The number of anilines is 1. The molecule has 1 aromatic rings. The molecule has 2 rings (SSSR count). The summed E-state index contributed by atoms with van der Waals surface area (Å²) in [6, 6.07) is 0. The summed E-state index contributed by atoms with van der Waals surface area (Å²) >= 11 is 7.36. The zero-order chi connectivity index (χ0) is 9.80. The van der Waals surface area contributed by atoms with Crippen molar-refractivity contribution in [2.24, 2.45) is 5.92 Å². The van der Waals surface area contributed by atoms with E-state index in [-0.39, 0.29) is 0 Å². The van der Waals surface area contributed by atoms with E-state index in [1.807, 2.05) is 0 Å². The van der Waals surface area contributed by atoms with Crippen LogP contribution in [0.3, 0.4) is 0 Å². The Morgan fingerprint density at radius 1 is 1.50 bits per heavy atom. The molecule has 1 unspecified atom stereocenters. The zero-order valence-corrected chi connectivity index (χ0v) is 9.60. The van der Waals surface area contributed by atoms with Gasteiger partial charge in [0.25, 0.3) is 0 Å². The minimum absolute atomic E-state index is 0.689. The number of halogens is 1. The molecule has 14 heavy (non-hydrogen) atoms. The van der Waals surface area contributed by atoms with Gasteiger partial charge in [-0.1, -0.05) is 0 Å². The van der Waals surface area contributed by atoms with Gasteiger partial charge < -0.3 is 4.90 Å². The smallest absolute Gasteiger partial charge is 0.204 e. The van der Waals surface area contributed by atoms with Crippen molar-refractivity contribution in [3.05, 3.63) is 6.33 Å². The molecule has 0 aromatic carbocycles. The minimum atomic E-state index is 0.689. The number of rotatable bonds is 2. The van der Waals surface area contributed by atoms with Crippen LogP contribution in [0.4, 0.5) is 5.13 Å². The van der Waals surface area contributed by atoms with E-state index in [4.69, 9.17) is 11.6 Å². The van der Waals surface area contributed by atoms with Crippen molar-refractivity contribution in [2.45, 2.75) is 19.3 Å². The van der Waals surface area contributed by atoms with Crippen LogP contribution in [0.25, 0.3) is 0 Å². The lowest BCUT2D eigenvalue weighted by molar-refractivity contribution is 0.527. The van der Waals surface area contributed by atoms with Crippen LogP contribution in [0, 0.1) is 5.92 Å². The second kappa shape index (κ2) is 4.94. The summed E-state index contributed by atoms with van der Waals surface area (Å²) in [6.07, 6.45) is 5.28. The molecule has 1 aliphatic heterocycles. The fourth-order valence-corrected chi connectivity index (χ4v) is 2.71. The first-order chi connectivity index (χ1) is 6.90. The van der Waals surface area contributed by atoms with Gasteiger partial charge in [-0.2, -0.15) is 4.37 Å². The molecule has 2 heterocycles. The van der Waals surface area contributed by atoms with Crippen LogP contribution in [-0.4, -0.2) is 28.3 Å². The molecule has 1 aliphatic rings. The van der Waals surface area contributed by atoms with Crippen LogP contribution in [0.1, 0.15) is 19.3 Å². The first kappa shape index (κ1) is 10.2. The zero-order valence-electron chi connectivity index (χ0n) is 8.03. The van der Waals surface area contributed by atoms with Crippen molar-refractivity contribution in [1.82, 2.24) is 9.36 Å². The summed E-state index contributed by atoms with van der Waals surface area (Å²) in [6.45, 7) is 2.18. The molecule has 3 nitrogen and oxygen atoms in total. The first-order valence-electron chi connectivity index (χ1n) is 4.97. The third-order valence-corrected chi connectivity index (χ3v) is 3.85. The van der Waals surface area contributed by atoms with Crippen LogP contribution in [0.15, 0.2) is 6.33 Å². The topological polar surface area (TPSA) is 29.0 Å². The Morgan fingerprint density at radius 2 is 2.43 bits per heavy atom. The molecule has 0 amide bonds. The lowest BCUT2D eigenvalue weighted by atomic mass is 10.0. The predicted molar refractivity (Wildman–Crippen MR) is 60.2 cm³/mol. The van der Waals surface area contributed by atoms with E-state index in [9.17, 15) is 0 Å². The fourth-order valence-electron chi connectivity index (χ4n) is 1.82. The van der Waals surface area contributed by atoms with Gasteiger partial charge in [0.1, 0.15) is 6.33 Å². The molecule has 0 radical (unpaired) electrons. The highest BCUT2D eigenvalue weighted by molar-refractivity contribution is 7.09. The quantitative estimate of drug-likeness (QED) is 0.732. The molecule has 1 atom stereocenters. The number of hydrogen-bond donors (Lipinski definition) is 0. The van der Waals surface area contributed by atoms with Crippen molar-refractivity contribution in [3.63, 3.8) is 0 Å². The normalized spacial score (nSPS) is 23.5. The van der Waals surface area contributed by atoms with Gasteiger partial charge in [-0.3, -0.25) is 0 Å². The van der Waals surface area contributed by atoms with Gasteiger partial charge in [0, 0.05) is 30.5 Å². The van der Waals surface area contributed by atoms with E-state index in [1.54, 1.807) is 6.33 Å². The maximum atomic E-state index is 5.88. The summed E-state index contributed by atoms with van der Waals surface area (Å²) in [5.74, 6) is 1.49. The summed E-state index contributed by atoms with van der Waals surface area (Å²) in [4.78, 5) is 6.56. The van der Waals surface area contributed by atoms with Crippen LogP contribution in [-0.2, 0) is 0 Å². The molecule has 0 bridgehead atoms. The molecular formula is C9H14ClN3S.